The van der Waals surface area contributed by atoms with E-state index in [0.717, 1.165) is 48.8 Å². The molecule has 1 heterocycles. The van der Waals surface area contributed by atoms with E-state index in [1.165, 1.54) is 6.42 Å². The molecule has 0 bridgehead atoms. The van der Waals surface area contributed by atoms with Gasteiger partial charge in [-0.25, -0.2) is 0 Å². The Morgan fingerprint density at radius 2 is 1.78 bits per heavy atom. The van der Waals surface area contributed by atoms with Crippen LogP contribution in [0.15, 0.2) is 53.5 Å². The van der Waals surface area contributed by atoms with E-state index >= 15 is 0 Å². The Hall–Kier alpha value is -2.82. The first-order valence-corrected chi connectivity index (χ1v) is 9.34. The van der Waals surface area contributed by atoms with Crippen molar-refractivity contribution < 1.29 is 14.3 Å². The average Bonchev–Trinajstić information content (AvgIpc) is 3.01. The standard InChI is InChI=1S/C22H26N2O3/c1-26-18-13-11-17(12-14-18)20(25)16-24(22-10-4-3-7-15-23-22)19-8-5-6-9-21(19)27-2/h5-6,8-9,11-14H,3-4,7,10,15-16H2,1-2H3. The van der Waals surface area contributed by atoms with Gasteiger partial charge in [-0.15, -0.1) is 0 Å². The van der Waals surface area contributed by atoms with E-state index in [1.54, 1.807) is 26.4 Å². The lowest BCUT2D eigenvalue weighted by Crippen LogP contribution is -2.36. The van der Waals surface area contributed by atoms with Gasteiger partial charge in [-0.1, -0.05) is 18.6 Å². The summed E-state index contributed by atoms with van der Waals surface area (Å²) in [6.45, 7) is 1.03. The number of aliphatic imine (C=N–C) groups is 1. The number of Topliss-reactive ketones (excluding diaryl/α,β-unsaturated/α-hetero) is 1. The summed E-state index contributed by atoms with van der Waals surface area (Å²) >= 11 is 0. The summed E-state index contributed by atoms with van der Waals surface area (Å²) in [6.07, 6.45) is 4.21. The Kier molecular flexibility index (Phi) is 6.47. The monoisotopic (exact) mass is 366 g/mol. The van der Waals surface area contributed by atoms with Gasteiger partial charge in [0.05, 0.1) is 26.5 Å². The van der Waals surface area contributed by atoms with Crippen LogP contribution in [0.2, 0.25) is 0 Å². The fraction of sp³-hybridized carbons (Fsp3) is 0.364. The molecule has 5 heteroatoms. The van der Waals surface area contributed by atoms with E-state index in [4.69, 9.17) is 14.5 Å². The fourth-order valence-corrected chi connectivity index (χ4v) is 3.26. The van der Waals surface area contributed by atoms with Crippen LogP contribution in [0, 0.1) is 0 Å². The summed E-state index contributed by atoms with van der Waals surface area (Å²) in [4.78, 5) is 19.8. The second-order valence-corrected chi connectivity index (χ2v) is 6.52. The van der Waals surface area contributed by atoms with Crippen LogP contribution in [-0.2, 0) is 0 Å². The maximum atomic E-state index is 13.0. The fourth-order valence-electron chi connectivity index (χ4n) is 3.26. The van der Waals surface area contributed by atoms with Crippen molar-refractivity contribution in [3.8, 4) is 11.5 Å². The molecule has 27 heavy (non-hydrogen) atoms. The van der Waals surface area contributed by atoms with Gasteiger partial charge in [-0.2, -0.15) is 0 Å². The first-order valence-electron chi connectivity index (χ1n) is 9.34. The van der Waals surface area contributed by atoms with Crippen molar-refractivity contribution >= 4 is 17.3 Å². The van der Waals surface area contributed by atoms with Gasteiger partial charge in [-0.3, -0.25) is 9.79 Å². The molecule has 1 aliphatic heterocycles. The van der Waals surface area contributed by atoms with Crippen LogP contribution in [0.3, 0.4) is 0 Å². The van der Waals surface area contributed by atoms with Gasteiger partial charge in [0, 0.05) is 18.5 Å². The predicted molar refractivity (Wildman–Crippen MR) is 108 cm³/mol. The van der Waals surface area contributed by atoms with Gasteiger partial charge in [0.15, 0.2) is 5.78 Å². The molecule has 0 unspecified atom stereocenters. The van der Waals surface area contributed by atoms with Gasteiger partial charge in [0.25, 0.3) is 0 Å². The Morgan fingerprint density at radius 1 is 1.00 bits per heavy atom. The normalized spacial score (nSPS) is 14.1. The molecule has 0 aromatic heterocycles. The third kappa shape index (κ3) is 4.67. The van der Waals surface area contributed by atoms with E-state index in [9.17, 15) is 4.79 Å². The van der Waals surface area contributed by atoms with E-state index in [1.807, 2.05) is 41.3 Å². The number of carbonyl (C=O) groups is 1. The molecule has 5 nitrogen and oxygen atoms in total. The second kappa shape index (κ2) is 9.21. The highest BCUT2D eigenvalue weighted by molar-refractivity contribution is 6.07. The number of ether oxygens (including phenoxy) is 2. The third-order valence-electron chi connectivity index (χ3n) is 4.75. The number of rotatable bonds is 6. The molecule has 2 aromatic carbocycles. The Morgan fingerprint density at radius 3 is 2.52 bits per heavy atom. The van der Waals surface area contributed by atoms with Crippen molar-refractivity contribution in [2.24, 2.45) is 4.99 Å². The molecular formula is C22H26N2O3. The first-order chi connectivity index (χ1) is 13.2. The minimum absolute atomic E-state index is 0.0375. The molecule has 0 fully saturated rings. The number of hydrogen-bond acceptors (Lipinski definition) is 5. The number of hydrogen-bond donors (Lipinski definition) is 0. The Balaban J connectivity index is 1.91. The first kappa shape index (κ1) is 19.0. The van der Waals surface area contributed by atoms with E-state index in [-0.39, 0.29) is 12.3 Å². The molecule has 0 saturated carbocycles. The number of amidine groups is 1. The molecule has 0 spiro atoms. The Labute approximate surface area is 160 Å². The van der Waals surface area contributed by atoms with Crippen LogP contribution in [0.5, 0.6) is 11.5 Å². The lowest BCUT2D eigenvalue weighted by molar-refractivity contribution is 0.100. The van der Waals surface area contributed by atoms with Crippen molar-refractivity contribution in [3.63, 3.8) is 0 Å². The number of benzene rings is 2. The second-order valence-electron chi connectivity index (χ2n) is 6.52. The molecule has 0 atom stereocenters. The predicted octanol–water partition coefficient (Wildman–Crippen LogP) is 4.37. The Bertz CT molecular complexity index is 799. The molecule has 0 N–H and O–H groups in total. The number of anilines is 1. The minimum Gasteiger partial charge on any atom is -0.497 e. The van der Waals surface area contributed by atoms with Gasteiger partial charge in [0.1, 0.15) is 17.3 Å². The van der Waals surface area contributed by atoms with Crippen molar-refractivity contribution in [2.75, 3.05) is 32.2 Å². The highest BCUT2D eigenvalue weighted by Gasteiger charge is 2.22. The highest BCUT2D eigenvalue weighted by Crippen LogP contribution is 2.30. The van der Waals surface area contributed by atoms with Crippen LogP contribution in [0.1, 0.15) is 36.0 Å². The number of methoxy groups -OCH3 is 2. The molecule has 0 amide bonds. The van der Waals surface area contributed by atoms with Crippen LogP contribution in [-0.4, -0.2) is 38.9 Å². The number of nitrogens with zero attached hydrogens (tertiary/aromatic N) is 2. The number of para-hydroxylation sites is 2. The van der Waals surface area contributed by atoms with Crippen molar-refractivity contribution in [1.82, 2.24) is 0 Å². The van der Waals surface area contributed by atoms with E-state index in [0.29, 0.717) is 5.56 Å². The van der Waals surface area contributed by atoms with Crippen LogP contribution >= 0.6 is 0 Å². The van der Waals surface area contributed by atoms with Crippen LogP contribution < -0.4 is 14.4 Å². The number of carbonyl (C=O) groups excluding carboxylic acids is 1. The molecular weight excluding hydrogens is 340 g/mol. The maximum absolute atomic E-state index is 13.0. The van der Waals surface area contributed by atoms with Gasteiger partial charge in [-0.05, 0) is 49.2 Å². The summed E-state index contributed by atoms with van der Waals surface area (Å²) in [5, 5.41) is 0. The van der Waals surface area contributed by atoms with Gasteiger partial charge >= 0.3 is 0 Å². The SMILES string of the molecule is COc1ccc(C(=O)CN(C2=NCCCCC2)c2ccccc2OC)cc1. The van der Waals surface area contributed by atoms with Gasteiger partial charge < -0.3 is 14.4 Å². The summed E-state index contributed by atoms with van der Waals surface area (Å²) < 4.78 is 10.7. The topological polar surface area (TPSA) is 51.1 Å². The zero-order chi connectivity index (χ0) is 19.1. The maximum Gasteiger partial charge on any atom is 0.182 e. The van der Waals surface area contributed by atoms with Crippen molar-refractivity contribution in [1.29, 1.82) is 0 Å². The zero-order valence-corrected chi connectivity index (χ0v) is 16.0. The number of ketones is 1. The van der Waals surface area contributed by atoms with Crippen LogP contribution in [0.25, 0.3) is 0 Å². The molecule has 0 aliphatic carbocycles. The summed E-state index contributed by atoms with van der Waals surface area (Å²) in [6, 6.07) is 15.0. The largest absolute Gasteiger partial charge is 0.497 e. The molecule has 0 saturated heterocycles. The van der Waals surface area contributed by atoms with E-state index < -0.39 is 0 Å². The van der Waals surface area contributed by atoms with E-state index in [2.05, 4.69) is 0 Å². The quantitative estimate of drug-likeness (QED) is 0.713. The smallest absolute Gasteiger partial charge is 0.182 e. The molecule has 3 rings (SSSR count). The minimum atomic E-state index is 0.0375. The highest BCUT2D eigenvalue weighted by atomic mass is 16.5. The molecule has 2 aromatic rings. The average molecular weight is 366 g/mol. The van der Waals surface area contributed by atoms with Crippen molar-refractivity contribution in [2.45, 2.75) is 25.7 Å². The van der Waals surface area contributed by atoms with Gasteiger partial charge in [0.2, 0.25) is 0 Å². The lowest BCUT2D eigenvalue weighted by Gasteiger charge is -2.27. The molecule has 1 aliphatic rings. The zero-order valence-electron chi connectivity index (χ0n) is 16.0. The molecule has 142 valence electrons. The van der Waals surface area contributed by atoms with Crippen molar-refractivity contribution in [3.05, 3.63) is 54.1 Å². The van der Waals surface area contributed by atoms with Crippen LogP contribution in [0.4, 0.5) is 5.69 Å². The molecule has 0 radical (unpaired) electrons. The summed E-state index contributed by atoms with van der Waals surface area (Å²) in [5.41, 5.74) is 1.53. The summed E-state index contributed by atoms with van der Waals surface area (Å²) in [5.74, 6) is 2.47. The third-order valence-corrected chi connectivity index (χ3v) is 4.75. The summed E-state index contributed by atoms with van der Waals surface area (Å²) in [7, 11) is 3.27. The lowest BCUT2D eigenvalue weighted by atomic mass is 10.1.